The average Bonchev–Trinajstić information content (AvgIpc) is 2.85. The molecule has 1 N–H and O–H groups in total. The fraction of sp³-hybridized carbons (Fsp3) is 0.385. The summed E-state index contributed by atoms with van der Waals surface area (Å²) >= 11 is 6.93. The summed E-state index contributed by atoms with van der Waals surface area (Å²) < 4.78 is 7.69. The molecule has 0 spiro atoms. The predicted molar refractivity (Wildman–Crippen MR) is 81.8 cm³/mol. The maximum atomic E-state index is 5.77. The zero-order valence-corrected chi connectivity index (χ0v) is 14.0. The molecule has 1 unspecified atom stereocenters. The standard InChI is InChI=1S/C13H15Br2N3O/c1-3-11(16-4-2)13-18-17-12(19-13)9-6-5-8(14)7-10(9)15/h5-7,11,16H,3-4H2,1-2H3. The molecule has 0 saturated heterocycles. The molecule has 0 bridgehead atoms. The van der Waals surface area contributed by atoms with Crippen LogP contribution >= 0.6 is 31.9 Å². The Hall–Kier alpha value is -0.720. The predicted octanol–water partition coefficient (Wildman–Crippen LogP) is 4.32. The van der Waals surface area contributed by atoms with E-state index in [0.717, 1.165) is 27.5 Å². The second kappa shape index (κ2) is 6.63. The minimum atomic E-state index is 0.112. The van der Waals surface area contributed by atoms with E-state index >= 15 is 0 Å². The Bertz CT molecular complexity index is 557. The number of hydrogen-bond acceptors (Lipinski definition) is 4. The highest BCUT2D eigenvalue weighted by Gasteiger charge is 2.17. The van der Waals surface area contributed by atoms with Crippen molar-refractivity contribution in [3.8, 4) is 11.5 Å². The Morgan fingerprint density at radius 2 is 2.05 bits per heavy atom. The lowest BCUT2D eigenvalue weighted by Crippen LogP contribution is -2.20. The Morgan fingerprint density at radius 3 is 2.68 bits per heavy atom. The summed E-state index contributed by atoms with van der Waals surface area (Å²) in [6, 6.07) is 5.96. The maximum Gasteiger partial charge on any atom is 0.248 e. The first-order valence-corrected chi connectivity index (χ1v) is 7.76. The molecule has 0 aliphatic carbocycles. The molecule has 102 valence electrons. The zero-order chi connectivity index (χ0) is 13.8. The summed E-state index contributed by atoms with van der Waals surface area (Å²) in [5, 5.41) is 11.6. The van der Waals surface area contributed by atoms with Gasteiger partial charge in [-0.25, -0.2) is 0 Å². The van der Waals surface area contributed by atoms with Crippen LogP contribution in [0, 0.1) is 0 Å². The highest BCUT2D eigenvalue weighted by Crippen LogP contribution is 2.30. The van der Waals surface area contributed by atoms with Gasteiger partial charge in [0.25, 0.3) is 0 Å². The average molecular weight is 389 g/mol. The summed E-state index contributed by atoms with van der Waals surface area (Å²) in [5.41, 5.74) is 0.897. The van der Waals surface area contributed by atoms with Gasteiger partial charge in [0.05, 0.1) is 11.6 Å². The Balaban J connectivity index is 2.29. The molecule has 0 aliphatic rings. The van der Waals surface area contributed by atoms with E-state index in [1.807, 2.05) is 18.2 Å². The van der Waals surface area contributed by atoms with Crippen molar-refractivity contribution in [2.45, 2.75) is 26.3 Å². The Morgan fingerprint density at radius 1 is 1.26 bits per heavy atom. The molecule has 2 rings (SSSR count). The van der Waals surface area contributed by atoms with Crippen molar-refractivity contribution < 1.29 is 4.42 Å². The minimum absolute atomic E-state index is 0.112. The third-order valence-electron chi connectivity index (χ3n) is 2.76. The van der Waals surface area contributed by atoms with E-state index in [1.54, 1.807) is 0 Å². The van der Waals surface area contributed by atoms with Crippen LogP contribution in [0.4, 0.5) is 0 Å². The van der Waals surface area contributed by atoms with Crippen LogP contribution in [0.1, 0.15) is 32.2 Å². The summed E-state index contributed by atoms with van der Waals surface area (Å²) in [5.74, 6) is 1.17. The van der Waals surface area contributed by atoms with Crippen LogP contribution in [0.5, 0.6) is 0 Å². The van der Waals surface area contributed by atoms with Crippen molar-refractivity contribution in [1.29, 1.82) is 0 Å². The smallest absolute Gasteiger partial charge is 0.248 e. The van der Waals surface area contributed by atoms with Gasteiger partial charge in [-0.05, 0) is 47.1 Å². The SMILES string of the molecule is CCNC(CC)c1nnc(-c2ccc(Br)cc2Br)o1. The molecule has 0 amide bonds. The van der Waals surface area contributed by atoms with Gasteiger partial charge in [0, 0.05) is 8.95 Å². The molecule has 6 heteroatoms. The van der Waals surface area contributed by atoms with E-state index < -0.39 is 0 Å². The lowest BCUT2D eigenvalue weighted by Gasteiger charge is -2.10. The molecule has 2 aromatic rings. The van der Waals surface area contributed by atoms with Crippen LogP contribution in [-0.2, 0) is 0 Å². The first-order valence-electron chi connectivity index (χ1n) is 6.17. The van der Waals surface area contributed by atoms with Gasteiger partial charge >= 0.3 is 0 Å². The second-order valence-electron chi connectivity index (χ2n) is 4.09. The number of rotatable bonds is 5. The third kappa shape index (κ3) is 3.43. The first-order chi connectivity index (χ1) is 9.15. The number of halogens is 2. The number of aromatic nitrogens is 2. The third-order valence-corrected chi connectivity index (χ3v) is 3.91. The molecule has 4 nitrogen and oxygen atoms in total. The van der Waals surface area contributed by atoms with E-state index in [2.05, 4.69) is 61.2 Å². The number of nitrogens with zero attached hydrogens (tertiary/aromatic N) is 2. The van der Waals surface area contributed by atoms with Crippen molar-refractivity contribution in [2.24, 2.45) is 0 Å². The lowest BCUT2D eigenvalue weighted by atomic mass is 10.2. The van der Waals surface area contributed by atoms with E-state index in [-0.39, 0.29) is 6.04 Å². The summed E-state index contributed by atoms with van der Waals surface area (Å²) in [6.07, 6.45) is 0.914. The quantitative estimate of drug-likeness (QED) is 0.828. The zero-order valence-electron chi connectivity index (χ0n) is 10.8. The number of benzene rings is 1. The van der Waals surface area contributed by atoms with E-state index in [0.29, 0.717) is 11.8 Å². The second-order valence-corrected chi connectivity index (χ2v) is 5.86. The molecule has 1 heterocycles. The molecule has 0 radical (unpaired) electrons. The van der Waals surface area contributed by atoms with Gasteiger partial charge in [0.15, 0.2) is 0 Å². The topological polar surface area (TPSA) is 51.0 Å². The molecule has 1 aromatic carbocycles. The van der Waals surface area contributed by atoms with Crippen LogP contribution in [0.15, 0.2) is 31.6 Å². The molecular formula is C13H15Br2N3O. The highest BCUT2D eigenvalue weighted by molar-refractivity contribution is 9.11. The van der Waals surface area contributed by atoms with Gasteiger partial charge < -0.3 is 9.73 Å². The first kappa shape index (κ1) is 14.7. The van der Waals surface area contributed by atoms with Crippen molar-refractivity contribution in [3.05, 3.63) is 33.0 Å². The molecule has 0 aliphatic heterocycles. The van der Waals surface area contributed by atoms with Gasteiger partial charge in [-0.3, -0.25) is 0 Å². The summed E-state index contributed by atoms with van der Waals surface area (Å²) in [4.78, 5) is 0. The van der Waals surface area contributed by atoms with Gasteiger partial charge in [-0.15, -0.1) is 10.2 Å². The minimum Gasteiger partial charge on any atom is -0.419 e. The fourth-order valence-electron chi connectivity index (χ4n) is 1.80. The molecule has 0 saturated carbocycles. The van der Waals surface area contributed by atoms with E-state index in [4.69, 9.17) is 4.42 Å². The normalized spacial score (nSPS) is 12.6. The van der Waals surface area contributed by atoms with E-state index in [1.165, 1.54) is 0 Å². The van der Waals surface area contributed by atoms with Crippen molar-refractivity contribution >= 4 is 31.9 Å². The van der Waals surface area contributed by atoms with Crippen LogP contribution in [0.25, 0.3) is 11.5 Å². The summed E-state index contributed by atoms with van der Waals surface area (Å²) in [7, 11) is 0. The van der Waals surface area contributed by atoms with Crippen molar-refractivity contribution in [1.82, 2.24) is 15.5 Å². The largest absolute Gasteiger partial charge is 0.419 e. The van der Waals surface area contributed by atoms with Crippen LogP contribution < -0.4 is 5.32 Å². The monoisotopic (exact) mass is 387 g/mol. The van der Waals surface area contributed by atoms with Gasteiger partial charge in [0.2, 0.25) is 11.8 Å². The number of nitrogens with one attached hydrogen (secondary N) is 1. The summed E-state index contributed by atoms with van der Waals surface area (Å²) in [6.45, 7) is 5.02. The van der Waals surface area contributed by atoms with Gasteiger partial charge in [0.1, 0.15) is 0 Å². The van der Waals surface area contributed by atoms with Gasteiger partial charge in [-0.1, -0.05) is 29.8 Å². The molecule has 19 heavy (non-hydrogen) atoms. The van der Waals surface area contributed by atoms with Crippen LogP contribution in [-0.4, -0.2) is 16.7 Å². The van der Waals surface area contributed by atoms with E-state index in [9.17, 15) is 0 Å². The fourth-order valence-corrected chi connectivity index (χ4v) is 3.02. The van der Waals surface area contributed by atoms with Gasteiger partial charge in [-0.2, -0.15) is 0 Å². The van der Waals surface area contributed by atoms with Crippen molar-refractivity contribution in [2.75, 3.05) is 6.54 Å². The lowest BCUT2D eigenvalue weighted by molar-refractivity contribution is 0.402. The number of hydrogen-bond donors (Lipinski definition) is 1. The highest BCUT2D eigenvalue weighted by atomic mass is 79.9. The molecule has 1 atom stereocenters. The molecular weight excluding hydrogens is 374 g/mol. The maximum absolute atomic E-state index is 5.77. The van der Waals surface area contributed by atoms with Crippen molar-refractivity contribution in [3.63, 3.8) is 0 Å². The van der Waals surface area contributed by atoms with Crippen LogP contribution in [0.3, 0.4) is 0 Å². The van der Waals surface area contributed by atoms with Crippen LogP contribution in [0.2, 0.25) is 0 Å². The Labute approximate surface area is 129 Å². The Kier molecular flexibility index (Phi) is 5.13. The molecule has 0 fully saturated rings. The molecule has 1 aromatic heterocycles.